The van der Waals surface area contributed by atoms with Crippen molar-refractivity contribution in [2.45, 2.75) is 51.4 Å². The summed E-state index contributed by atoms with van der Waals surface area (Å²) in [5, 5.41) is 2.83. The molecule has 0 spiro atoms. The average Bonchev–Trinajstić information content (AvgIpc) is 3.27. The van der Waals surface area contributed by atoms with Gasteiger partial charge in [-0.2, -0.15) is 13.2 Å². The molecule has 1 amide bonds. The molecular weight excluding hydrogens is 347 g/mol. The third kappa shape index (κ3) is 3.94. The first-order chi connectivity index (χ1) is 12.0. The number of amides is 1. The van der Waals surface area contributed by atoms with Crippen molar-refractivity contribution in [1.82, 2.24) is 14.9 Å². The van der Waals surface area contributed by atoms with Crippen molar-refractivity contribution in [2.75, 3.05) is 0 Å². The van der Waals surface area contributed by atoms with Crippen LogP contribution in [0.1, 0.15) is 51.0 Å². The third-order valence-corrected chi connectivity index (χ3v) is 4.29. The average molecular weight is 369 g/mol. The van der Waals surface area contributed by atoms with E-state index in [0.717, 1.165) is 25.0 Å². The summed E-state index contributed by atoms with van der Waals surface area (Å²) in [6.45, 7) is 5.31. The standard InChI is InChI=1S/C18H22F3N3O2/c1-17(2,3)26-16(25)23-14(10-5-6-10)15-22-12-8-7-11(18(19,20)21)9-13(12)24(15)4/h7-10,14H,5-6H2,1-4H3,(H,23,25)/t14-/m0/s1. The van der Waals surface area contributed by atoms with Crippen LogP contribution in [0.3, 0.4) is 0 Å². The van der Waals surface area contributed by atoms with Gasteiger partial charge in [0.1, 0.15) is 11.4 Å². The smallest absolute Gasteiger partial charge is 0.416 e. The van der Waals surface area contributed by atoms with Gasteiger partial charge in [-0.1, -0.05) is 0 Å². The lowest BCUT2D eigenvalue weighted by Crippen LogP contribution is -2.36. The fourth-order valence-corrected chi connectivity index (χ4v) is 2.92. The summed E-state index contributed by atoms with van der Waals surface area (Å²) in [7, 11) is 1.66. The Morgan fingerprint density at radius 1 is 1.31 bits per heavy atom. The van der Waals surface area contributed by atoms with E-state index in [1.807, 2.05) is 0 Å². The van der Waals surface area contributed by atoms with E-state index < -0.39 is 29.5 Å². The largest absolute Gasteiger partial charge is 0.444 e. The number of rotatable bonds is 3. The number of fused-ring (bicyclic) bond motifs is 1. The van der Waals surface area contributed by atoms with Gasteiger partial charge in [0.25, 0.3) is 0 Å². The van der Waals surface area contributed by atoms with Gasteiger partial charge in [0.2, 0.25) is 0 Å². The molecule has 5 nitrogen and oxygen atoms in total. The molecule has 1 aliphatic rings. The summed E-state index contributed by atoms with van der Waals surface area (Å²) in [5.41, 5.74) is -0.507. The van der Waals surface area contributed by atoms with Crippen LogP contribution in [0.15, 0.2) is 18.2 Å². The number of alkyl carbamates (subject to hydrolysis) is 1. The zero-order chi connectivity index (χ0) is 19.3. The SMILES string of the molecule is Cn1c([C@@H](NC(=O)OC(C)(C)C)C2CC2)nc2ccc(C(F)(F)F)cc21. The quantitative estimate of drug-likeness (QED) is 0.862. The van der Waals surface area contributed by atoms with E-state index in [0.29, 0.717) is 16.9 Å². The molecule has 142 valence electrons. The lowest BCUT2D eigenvalue weighted by atomic mass is 10.1. The highest BCUT2D eigenvalue weighted by molar-refractivity contribution is 5.77. The summed E-state index contributed by atoms with van der Waals surface area (Å²) in [5.74, 6) is 0.743. The molecule has 1 aliphatic carbocycles. The minimum Gasteiger partial charge on any atom is -0.444 e. The summed E-state index contributed by atoms with van der Waals surface area (Å²) >= 11 is 0. The van der Waals surface area contributed by atoms with Gasteiger partial charge in [-0.15, -0.1) is 0 Å². The fraction of sp³-hybridized carbons (Fsp3) is 0.556. The number of benzene rings is 1. The van der Waals surface area contributed by atoms with Gasteiger partial charge in [0, 0.05) is 7.05 Å². The van der Waals surface area contributed by atoms with Crippen LogP contribution in [-0.2, 0) is 18.0 Å². The van der Waals surface area contributed by atoms with Crippen molar-refractivity contribution in [1.29, 1.82) is 0 Å². The van der Waals surface area contributed by atoms with Crippen LogP contribution in [0.4, 0.5) is 18.0 Å². The monoisotopic (exact) mass is 369 g/mol. The van der Waals surface area contributed by atoms with E-state index in [9.17, 15) is 18.0 Å². The normalized spacial score (nSPS) is 16.6. The van der Waals surface area contributed by atoms with E-state index in [1.54, 1.807) is 32.4 Å². The number of halogens is 3. The minimum absolute atomic E-state index is 0.208. The number of nitrogens with one attached hydrogen (secondary N) is 1. The first kappa shape index (κ1) is 18.5. The highest BCUT2D eigenvalue weighted by Gasteiger charge is 2.38. The molecule has 0 unspecified atom stereocenters. The van der Waals surface area contributed by atoms with Crippen LogP contribution in [0.2, 0.25) is 0 Å². The number of alkyl halides is 3. The lowest BCUT2D eigenvalue weighted by Gasteiger charge is -2.23. The molecule has 2 aromatic rings. The van der Waals surface area contributed by atoms with Crippen LogP contribution >= 0.6 is 0 Å². The first-order valence-corrected chi connectivity index (χ1v) is 8.49. The van der Waals surface area contributed by atoms with E-state index in [2.05, 4.69) is 10.3 Å². The Morgan fingerprint density at radius 3 is 2.50 bits per heavy atom. The Morgan fingerprint density at radius 2 is 1.96 bits per heavy atom. The van der Waals surface area contributed by atoms with Gasteiger partial charge in [0.15, 0.2) is 0 Å². The van der Waals surface area contributed by atoms with Crippen molar-refractivity contribution in [3.8, 4) is 0 Å². The number of nitrogens with zero attached hydrogens (tertiary/aromatic N) is 2. The number of hydrogen-bond acceptors (Lipinski definition) is 3. The number of aromatic nitrogens is 2. The molecule has 3 rings (SSSR count). The Kier molecular flexibility index (Phi) is 4.40. The lowest BCUT2D eigenvalue weighted by molar-refractivity contribution is -0.137. The Hall–Kier alpha value is -2.25. The molecule has 8 heteroatoms. The van der Waals surface area contributed by atoms with Gasteiger partial charge in [-0.25, -0.2) is 9.78 Å². The van der Waals surface area contributed by atoms with Crippen LogP contribution < -0.4 is 5.32 Å². The van der Waals surface area contributed by atoms with E-state index >= 15 is 0 Å². The molecule has 0 saturated heterocycles. The number of ether oxygens (including phenoxy) is 1. The molecule has 1 aromatic carbocycles. The zero-order valence-corrected chi connectivity index (χ0v) is 15.1. The Balaban J connectivity index is 1.94. The number of carbonyl (C=O) groups is 1. The summed E-state index contributed by atoms with van der Waals surface area (Å²) in [6, 6.07) is 3.08. The second-order valence-electron chi connectivity index (χ2n) is 7.69. The molecule has 0 bridgehead atoms. The molecule has 26 heavy (non-hydrogen) atoms. The third-order valence-electron chi connectivity index (χ3n) is 4.29. The number of imidazole rings is 1. The maximum Gasteiger partial charge on any atom is 0.416 e. The van der Waals surface area contributed by atoms with Crippen molar-refractivity contribution in [3.63, 3.8) is 0 Å². The number of carbonyl (C=O) groups excluding carboxylic acids is 1. The summed E-state index contributed by atoms with van der Waals surface area (Å²) in [4.78, 5) is 16.6. The van der Waals surface area contributed by atoms with E-state index in [4.69, 9.17) is 4.74 Å². The first-order valence-electron chi connectivity index (χ1n) is 8.49. The highest BCUT2D eigenvalue weighted by Crippen LogP contribution is 2.41. The van der Waals surface area contributed by atoms with Gasteiger partial charge in [-0.3, -0.25) is 0 Å². The molecular formula is C18H22F3N3O2. The second kappa shape index (κ2) is 6.17. The van der Waals surface area contributed by atoms with Crippen LogP contribution in [0, 0.1) is 5.92 Å². The van der Waals surface area contributed by atoms with Gasteiger partial charge in [-0.05, 0) is 57.7 Å². The summed E-state index contributed by atoms with van der Waals surface area (Å²) in [6.07, 6.45) is -3.12. The molecule has 1 aromatic heterocycles. The molecule has 0 radical (unpaired) electrons. The van der Waals surface area contributed by atoms with Crippen LogP contribution in [0.5, 0.6) is 0 Å². The summed E-state index contributed by atoms with van der Waals surface area (Å²) < 4.78 is 45.9. The van der Waals surface area contributed by atoms with Crippen LogP contribution in [0.25, 0.3) is 11.0 Å². The van der Waals surface area contributed by atoms with Gasteiger partial charge >= 0.3 is 12.3 Å². The van der Waals surface area contributed by atoms with Gasteiger partial charge in [0.05, 0.1) is 22.6 Å². The maximum atomic E-state index is 13.0. The molecule has 1 fully saturated rings. The highest BCUT2D eigenvalue weighted by atomic mass is 19.4. The Bertz CT molecular complexity index is 833. The minimum atomic E-state index is -4.41. The van der Waals surface area contributed by atoms with Gasteiger partial charge < -0.3 is 14.6 Å². The predicted octanol–water partition coefficient (Wildman–Crippen LogP) is 4.57. The van der Waals surface area contributed by atoms with Crippen molar-refractivity contribution >= 4 is 17.1 Å². The topological polar surface area (TPSA) is 56.2 Å². The molecule has 0 aliphatic heterocycles. The molecule has 1 atom stereocenters. The Labute approximate surface area is 149 Å². The maximum absolute atomic E-state index is 13.0. The van der Waals surface area contributed by atoms with Crippen molar-refractivity contribution < 1.29 is 22.7 Å². The van der Waals surface area contributed by atoms with E-state index in [1.165, 1.54) is 6.07 Å². The molecule has 1 heterocycles. The molecule has 1 saturated carbocycles. The van der Waals surface area contributed by atoms with Crippen molar-refractivity contribution in [3.05, 3.63) is 29.6 Å². The second-order valence-corrected chi connectivity index (χ2v) is 7.69. The zero-order valence-electron chi connectivity index (χ0n) is 15.1. The van der Waals surface area contributed by atoms with Crippen LogP contribution in [-0.4, -0.2) is 21.2 Å². The van der Waals surface area contributed by atoms with Crippen molar-refractivity contribution in [2.24, 2.45) is 13.0 Å². The van der Waals surface area contributed by atoms with E-state index in [-0.39, 0.29) is 5.92 Å². The number of hydrogen-bond donors (Lipinski definition) is 1. The fourth-order valence-electron chi connectivity index (χ4n) is 2.92. The molecule has 1 N–H and O–H groups in total. The predicted molar refractivity (Wildman–Crippen MR) is 90.6 cm³/mol. The number of aryl methyl sites for hydroxylation is 1.